The zero-order valence-electron chi connectivity index (χ0n) is 80.3. The first kappa shape index (κ1) is 101. The molecule has 0 bridgehead atoms. The third-order valence-corrected chi connectivity index (χ3v) is 25.6. The van der Waals surface area contributed by atoms with Gasteiger partial charge >= 0.3 is 0 Å². The van der Waals surface area contributed by atoms with Crippen LogP contribution in [0.2, 0.25) is 0 Å². The van der Waals surface area contributed by atoms with Crippen molar-refractivity contribution in [3.63, 3.8) is 0 Å². The zero-order chi connectivity index (χ0) is 96.7. The van der Waals surface area contributed by atoms with Gasteiger partial charge in [0.05, 0.1) is 119 Å². The molecule has 4 saturated heterocycles. The monoisotopic (exact) mass is 1930 g/mol. The highest BCUT2D eigenvalue weighted by molar-refractivity contribution is 5.25. The predicted molar refractivity (Wildman–Crippen MR) is 540 cm³/mol. The standard InChI is InChI=1S/C122H126O21/c1-15-43-89(44-16-1)71-123-85-103-107(127-75-93-51-23-5-24-52-93)111(129-77-95-55-27-7-28-56-95)116(133-81-99-63-35-11-36-64-99)121(138-103)143-114-108(128-76-94-53-25-6-26-54-94)104(86-124-72-90-45-17-2-18-46-90)139-122(118(114)135-83-101-67-39-13-40-68-101)142-110-106(88-126-74-92-49-21-4-22-50-92)140-120(117(134-82-100-65-37-12-38-66-100)113(110)131-79-97-59-31-9-32-60-97)141-109-105(87-125-73-91-47-19-3-20-48-91)137-119(136-84-102-69-41-14-42-70-102)115(132-80-98-61-33-10-34-62-98)112(109)130-78-96-57-29-8-30-58-96/h1-70,103-122H,71-88H2/t103-,104-,105-,106-,107-,108-,109-,110-,111+,112+,113+,114+,115-,116-,117-,118-,119-,120-,121-,122-/m1/s1. The highest BCUT2D eigenvalue weighted by atomic mass is 16.8. The van der Waals surface area contributed by atoms with Crippen molar-refractivity contribution in [1.82, 2.24) is 0 Å². The van der Waals surface area contributed by atoms with Gasteiger partial charge in [0.1, 0.15) is 97.7 Å². The van der Waals surface area contributed by atoms with Gasteiger partial charge < -0.3 is 99.5 Å². The van der Waals surface area contributed by atoms with Crippen LogP contribution in [0, 0.1) is 0 Å². The molecule has 0 spiro atoms. The van der Waals surface area contributed by atoms with Gasteiger partial charge in [-0.3, -0.25) is 0 Å². The van der Waals surface area contributed by atoms with Crippen molar-refractivity contribution in [3.8, 4) is 0 Å². The first-order valence-corrected chi connectivity index (χ1v) is 49.5. The first-order chi connectivity index (χ1) is 70.9. The van der Waals surface area contributed by atoms with Crippen molar-refractivity contribution in [2.45, 2.75) is 215 Å². The number of benzene rings is 14. The van der Waals surface area contributed by atoms with Crippen molar-refractivity contribution in [2.75, 3.05) is 26.4 Å². The molecule has 0 aromatic heterocycles. The third-order valence-electron chi connectivity index (χ3n) is 25.6. The minimum Gasteiger partial charge on any atom is -0.374 e. The van der Waals surface area contributed by atoms with Gasteiger partial charge in [-0.2, -0.15) is 0 Å². The lowest BCUT2D eigenvalue weighted by molar-refractivity contribution is -0.404. The van der Waals surface area contributed by atoms with Crippen LogP contribution in [-0.4, -0.2) is 149 Å². The maximum atomic E-state index is 8.29. The fourth-order valence-corrected chi connectivity index (χ4v) is 18.3. The van der Waals surface area contributed by atoms with E-state index in [1.165, 1.54) is 0 Å². The van der Waals surface area contributed by atoms with E-state index in [1.807, 2.05) is 425 Å². The summed E-state index contributed by atoms with van der Waals surface area (Å²) >= 11 is 0. The zero-order valence-corrected chi connectivity index (χ0v) is 80.3. The number of hydrogen-bond acceptors (Lipinski definition) is 21. The number of ether oxygens (including phenoxy) is 21. The van der Waals surface area contributed by atoms with E-state index in [0.717, 1.165) is 77.9 Å². The highest BCUT2D eigenvalue weighted by Gasteiger charge is 2.60. The summed E-state index contributed by atoms with van der Waals surface area (Å²) < 4.78 is 159. The van der Waals surface area contributed by atoms with Gasteiger partial charge in [-0.05, 0) is 77.9 Å². The Morgan fingerprint density at radius 3 is 0.483 bits per heavy atom. The molecule has 143 heavy (non-hydrogen) atoms. The van der Waals surface area contributed by atoms with Gasteiger partial charge in [0.25, 0.3) is 0 Å². The van der Waals surface area contributed by atoms with Crippen LogP contribution in [0.5, 0.6) is 0 Å². The van der Waals surface area contributed by atoms with Crippen LogP contribution in [0.25, 0.3) is 0 Å². The van der Waals surface area contributed by atoms with Crippen molar-refractivity contribution < 1.29 is 99.5 Å². The van der Waals surface area contributed by atoms with Crippen LogP contribution in [-0.2, 0) is 192 Å². The molecule has 21 heteroatoms. The lowest BCUT2D eigenvalue weighted by Gasteiger charge is -2.52. The SMILES string of the molecule is c1ccc(COC[C@H]2O[C@H](O[C@@H]3[C@@H](OCc4ccccc4)[C@@H](O[C@H]4[C@H](OCc5ccccc5)[C@@H](OCc5ccccc5)[C@@H](O[C@H]5[C@H](OCc6ccccc6)[C@@H](OCc6ccccc6)[C@H](OCc6ccccc6)O[C@@H]5COCc5ccccc5)O[C@@H]4COCc4ccccc4)O[C@H](COCc4ccccc4)[C@H]3OCc3ccccc3)[C@H](OCc3ccccc3)[C@@H](OCc3ccccc3)[C@@H]2OCc2ccccc2)cc1. The summed E-state index contributed by atoms with van der Waals surface area (Å²) in [5, 5.41) is 0. The van der Waals surface area contributed by atoms with E-state index >= 15 is 0 Å². The maximum Gasteiger partial charge on any atom is 0.187 e. The van der Waals surface area contributed by atoms with E-state index in [0.29, 0.717) is 0 Å². The molecule has 14 aromatic carbocycles. The molecule has 4 aliphatic heterocycles. The molecule has 0 amide bonds. The van der Waals surface area contributed by atoms with E-state index in [1.54, 1.807) is 0 Å². The van der Waals surface area contributed by atoms with Crippen molar-refractivity contribution >= 4 is 0 Å². The van der Waals surface area contributed by atoms with Crippen LogP contribution in [0.3, 0.4) is 0 Å². The van der Waals surface area contributed by atoms with Crippen molar-refractivity contribution in [2.24, 2.45) is 0 Å². The van der Waals surface area contributed by atoms with Crippen LogP contribution in [0.15, 0.2) is 425 Å². The summed E-state index contributed by atoms with van der Waals surface area (Å²) in [5.41, 5.74) is 12.6. The quantitative estimate of drug-likeness (QED) is 0.0349. The van der Waals surface area contributed by atoms with E-state index in [9.17, 15) is 0 Å². The fraction of sp³-hybridized carbons (Fsp3) is 0.311. The molecule has 0 saturated carbocycles. The van der Waals surface area contributed by atoms with Gasteiger partial charge in [0, 0.05) is 0 Å². The van der Waals surface area contributed by atoms with Crippen LogP contribution in [0.4, 0.5) is 0 Å². The summed E-state index contributed by atoms with van der Waals surface area (Å²) in [6, 6.07) is 140. The Hall–Kier alpha value is -11.8. The number of hydrogen-bond donors (Lipinski definition) is 0. The minimum atomic E-state index is -1.49. The van der Waals surface area contributed by atoms with E-state index in [-0.39, 0.29) is 119 Å². The largest absolute Gasteiger partial charge is 0.374 e. The lowest BCUT2D eigenvalue weighted by Crippen LogP contribution is -2.69. The van der Waals surface area contributed by atoms with E-state index in [2.05, 4.69) is 0 Å². The molecule has 18 rings (SSSR count). The van der Waals surface area contributed by atoms with E-state index < -0.39 is 123 Å². The first-order valence-electron chi connectivity index (χ1n) is 49.5. The molecule has 4 fully saturated rings. The molecule has 0 aliphatic carbocycles. The topological polar surface area (TPSA) is 194 Å². The average molecular weight is 1930 g/mol. The molecule has 0 unspecified atom stereocenters. The Morgan fingerprint density at radius 2 is 0.266 bits per heavy atom. The van der Waals surface area contributed by atoms with Crippen molar-refractivity contribution in [1.29, 1.82) is 0 Å². The van der Waals surface area contributed by atoms with Gasteiger partial charge in [-0.25, -0.2) is 0 Å². The van der Waals surface area contributed by atoms with Gasteiger partial charge in [-0.15, -0.1) is 0 Å². The second-order valence-corrected chi connectivity index (χ2v) is 36.1. The minimum absolute atomic E-state index is 0.00163. The second kappa shape index (κ2) is 54.8. The molecule has 21 nitrogen and oxygen atoms in total. The Balaban J connectivity index is 0.798. The summed E-state index contributed by atoms with van der Waals surface area (Å²) in [5.74, 6) is 0. The van der Waals surface area contributed by atoms with Crippen molar-refractivity contribution in [3.05, 3.63) is 503 Å². The lowest BCUT2D eigenvalue weighted by atomic mass is 9.94. The number of rotatable bonds is 52. The summed E-state index contributed by atoms with van der Waals surface area (Å²) in [6.07, 6.45) is -22.8. The molecule has 740 valence electrons. The normalized spacial score (nSPS) is 24.4. The Morgan fingerprint density at radius 1 is 0.126 bits per heavy atom. The second-order valence-electron chi connectivity index (χ2n) is 36.1. The molecule has 20 atom stereocenters. The fourth-order valence-electron chi connectivity index (χ4n) is 18.3. The molecule has 4 aliphatic rings. The Labute approximate surface area is 838 Å². The predicted octanol–water partition coefficient (Wildman–Crippen LogP) is 21.4. The smallest absolute Gasteiger partial charge is 0.187 e. The Kier molecular flexibility index (Phi) is 38.8. The third kappa shape index (κ3) is 30.2. The summed E-state index contributed by atoms with van der Waals surface area (Å²) in [7, 11) is 0. The average Bonchev–Trinajstić information content (AvgIpc) is 0.757. The molecular weight excluding hydrogens is 1800 g/mol. The molecule has 0 radical (unpaired) electrons. The van der Waals surface area contributed by atoms with E-state index in [4.69, 9.17) is 99.5 Å². The molecule has 0 N–H and O–H groups in total. The van der Waals surface area contributed by atoms with Gasteiger partial charge in [0.15, 0.2) is 25.2 Å². The molecular formula is C122H126O21. The summed E-state index contributed by atoms with van der Waals surface area (Å²) in [6.45, 7) is 1.59. The maximum absolute atomic E-state index is 8.29. The van der Waals surface area contributed by atoms with Crippen LogP contribution < -0.4 is 0 Å². The van der Waals surface area contributed by atoms with Crippen LogP contribution in [0.1, 0.15) is 77.9 Å². The Bertz CT molecular complexity index is 5830. The highest BCUT2D eigenvalue weighted by Crippen LogP contribution is 2.43. The molecule has 14 aromatic rings. The van der Waals surface area contributed by atoms with Gasteiger partial charge in [0.2, 0.25) is 0 Å². The van der Waals surface area contributed by atoms with Gasteiger partial charge in [-0.1, -0.05) is 425 Å². The molecule has 4 heterocycles. The summed E-state index contributed by atoms with van der Waals surface area (Å²) in [4.78, 5) is 0. The van der Waals surface area contributed by atoms with Crippen LogP contribution >= 0.6 is 0 Å².